The molecule has 160 valence electrons. The third-order valence-electron chi connectivity index (χ3n) is 5.49. The van der Waals surface area contributed by atoms with Crippen molar-refractivity contribution in [2.24, 2.45) is 0 Å². The molecular weight excluding hydrogens is 410 g/mol. The van der Waals surface area contributed by atoms with Crippen LogP contribution >= 0.6 is 0 Å². The van der Waals surface area contributed by atoms with Crippen LogP contribution in [-0.4, -0.2) is 20.7 Å². The van der Waals surface area contributed by atoms with Crippen LogP contribution < -0.4 is 4.74 Å². The number of para-hydroxylation sites is 1. The van der Waals surface area contributed by atoms with Crippen molar-refractivity contribution in [3.63, 3.8) is 0 Å². The van der Waals surface area contributed by atoms with E-state index in [1.54, 1.807) is 6.07 Å². The Bertz CT molecular complexity index is 1470. The maximum Gasteiger partial charge on any atom is 0.335 e. The minimum absolute atomic E-state index is 0.455. The molecular formula is C28H21N3O2. The summed E-state index contributed by atoms with van der Waals surface area (Å²) in [4.78, 5) is 16.6. The van der Waals surface area contributed by atoms with Crippen molar-refractivity contribution >= 4 is 16.9 Å². The fraction of sp³-hybridized carbons (Fsp3) is 0.0357. The molecule has 0 aliphatic carbocycles. The fourth-order valence-electron chi connectivity index (χ4n) is 3.93. The first-order valence-electron chi connectivity index (χ1n) is 10.6. The van der Waals surface area contributed by atoms with Crippen LogP contribution in [0.5, 0.6) is 5.75 Å². The average molecular weight is 431 g/mol. The monoisotopic (exact) mass is 431 g/mol. The van der Waals surface area contributed by atoms with Gasteiger partial charge in [0.2, 0.25) is 0 Å². The molecule has 0 saturated heterocycles. The van der Waals surface area contributed by atoms with Gasteiger partial charge in [0, 0.05) is 22.6 Å². The Morgan fingerprint density at radius 3 is 2.36 bits per heavy atom. The summed E-state index contributed by atoms with van der Waals surface area (Å²) in [6, 6.07) is 29.5. The molecule has 0 amide bonds. The van der Waals surface area contributed by atoms with Crippen LogP contribution in [0, 0.1) is 6.92 Å². The van der Waals surface area contributed by atoms with Crippen LogP contribution in [0.25, 0.3) is 39.1 Å². The highest BCUT2D eigenvalue weighted by Crippen LogP contribution is 2.36. The van der Waals surface area contributed by atoms with Gasteiger partial charge in [0.05, 0.1) is 22.6 Å². The quantitative estimate of drug-likeness (QED) is 0.190. The number of aromatic nitrogens is 3. The van der Waals surface area contributed by atoms with Crippen LogP contribution in [0.15, 0.2) is 104 Å². The Morgan fingerprint density at radius 1 is 0.909 bits per heavy atom. The first kappa shape index (κ1) is 20.4. The molecule has 0 N–H and O–H groups in total. The molecule has 0 spiro atoms. The highest BCUT2D eigenvalue weighted by Gasteiger charge is 2.20. The van der Waals surface area contributed by atoms with E-state index in [0.717, 1.165) is 50.9 Å². The number of nitrogens with zero attached hydrogens (tertiary/aromatic N) is 3. The van der Waals surface area contributed by atoms with Crippen molar-refractivity contribution in [2.75, 3.05) is 0 Å². The number of hydrogen-bond donors (Lipinski definition) is 0. The van der Waals surface area contributed by atoms with Crippen LogP contribution in [0.2, 0.25) is 0 Å². The van der Waals surface area contributed by atoms with Gasteiger partial charge in [0.15, 0.2) is 0 Å². The Morgan fingerprint density at radius 2 is 1.64 bits per heavy atom. The van der Waals surface area contributed by atoms with Gasteiger partial charge in [0.1, 0.15) is 11.4 Å². The molecule has 2 heterocycles. The minimum Gasteiger partial charge on any atom is -0.423 e. The zero-order valence-electron chi connectivity index (χ0n) is 18.1. The predicted molar refractivity (Wildman–Crippen MR) is 130 cm³/mol. The number of benzene rings is 3. The van der Waals surface area contributed by atoms with Crippen LogP contribution in [0.1, 0.15) is 5.69 Å². The van der Waals surface area contributed by atoms with Gasteiger partial charge in [-0.05, 0) is 43.3 Å². The third-order valence-corrected chi connectivity index (χ3v) is 5.49. The minimum atomic E-state index is -0.502. The Labute approximate surface area is 191 Å². The van der Waals surface area contributed by atoms with E-state index in [1.807, 2.05) is 77.5 Å². The van der Waals surface area contributed by atoms with Gasteiger partial charge in [-0.2, -0.15) is 5.10 Å². The van der Waals surface area contributed by atoms with Crippen molar-refractivity contribution in [1.82, 2.24) is 14.8 Å². The van der Waals surface area contributed by atoms with Crippen LogP contribution in [0.3, 0.4) is 0 Å². The second-order valence-electron chi connectivity index (χ2n) is 7.57. The molecule has 33 heavy (non-hydrogen) atoms. The van der Waals surface area contributed by atoms with Crippen molar-refractivity contribution in [3.8, 4) is 34.0 Å². The van der Waals surface area contributed by atoms with Gasteiger partial charge in [0.25, 0.3) is 0 Å². The second-order valence-corrected chi connectivity index (χ2v) is 7.57. The largest absolute Gasteiger partial charge is 0.423 e. The van der Waals surface area contributed by atoms with E-state index in [9.17, 15) is 4.79 Å². The SMILES string of the molecule is C=CC(=O)Oc1cccc2nc(-c3c(-c4ccccc4)nn(-c4ccccc4)c3C)ccc12. The molecule has 0 bridgehead atoms. The summed E-state index contributed by atoms with van der Waals surface area (Å²) in [5, 5.41) is 5.73. The van der Waals surface area contributed by atoms with E-state index in [1.165, 1.54) is 0 Å². The summed E-state index contributed by atoms with van der Waals surface area (Å²) >= 11 is 0. The molecule has 2 aromatic heterocycles. The zero-order chi connectivity index (χ0) is 22.8. The Kier molecular flexibility index (Phi) is 5.29. The maximum absolute atomic E-state index is 11.7. The van der Waals surface area contributed by atoms with Crippen molar-refractivity contribution in [2.45, 2.75) is 6.92 Å². The van der Waals surface area contributed by atoms with Gasteiger partial charge in [-0.25, -0.2) is 14.5 Å². The van der Waals surface area contributed by atoms with Crippen molar-refractivity contribution in [3.05, 3.63) is 109 Å². The molecule has 3 aromatic carbocycles. The average Bonchev–Trinajstić information content (AvgIpc) is 3.22. The third kappa shape index (κ3) is 3.81. The number of carbonyl (C=O) groups is 1. The molecule has 5 rings (SSSR count). The molecule has 0 fully saturated rings. The molecule has 5 nitrogen and oxygen atoms in total. The predicted octanol–water partition coefficient (Wildman–Crippen LogP) is 6.15. The summed E-state index contributed by atoms with van der Waals surface area (Å²) in [5.74, 6) is -0.0469. The summed E-state index contributed by atoms with van der Waals surface area (Å²) in [6.45, 7) is 5.52. The van der Waals surface area contributed by atoms with E-state index >= 15 is 0 Å². The van der Waals surface area contributed by atoms with E-state index in [0.29, 0.717) is 5.75 Å². The van der Waals surface area contributed by atoms with Gasteiger partial charge in [-0.3, -0.25) is 0 Å². The molecule has 0 saturated carbocycles. The highest BCUT2D eigenvalue weighted by molar-refractivity contribution is 5.92. The van der Waals surface area contributed by atoms with Gasteiger partial charge >= 0.3 is 5.97 Å². The number of rotatable bonds is 5. The Hall–Kier alpha value is -4.51. The highest BCUT2D eigenvalue weighted by atomic mass is 16.5. The molecule has 0 atom stereocenters. The van der Waals surface area contributed by atoms with Crippen LogP contribution in [-0.2, 0) is 4.79 Å². The second kappa shape index (κ2) is 8.55. The molecule has 0 unspecified atom stereocenters. The fourth-order valence-corrected chi connectivity index (χ4v) is 3.93. The molecule has 0 aliphatic heterocycles. The number of carbonyl (C=O) groups excluding carboxylic acids is 1. The van der Waals surface area contributed by atoms with E-state index in [4.69, 9.17) is 14.8 Å². The standard InChI is InChI=1S/C28H21N3O2/c1-3-26(32)33-25-16-10-15-23-22(25)17-18-24(29-23)27-19(2)31(21-13-8-5-9-14-21)30-28(27)20-11-6-4-7-12-20/h3-18H,1H2,2H3. The molecule has 5 aromatic rings. The zero-order valence-corrected chi connectivity index (χ0v) is 18.1. The van der Waals surface area contributed by atoms with Crippen LogP contribution in [0.4, 0.5) is 0 Å². The topological polar surface area (TPSA) is 57.0 Å². The van der Waals surface area contributed by atoms with Gasteiger partial charge in [-0.15, -0.1) is 0 Å². The van der Waals surface area contributed by atoms with E-state index in [2.05, 4.69) is 25.6 Å². The van der Waals surface area contributed by atoms with Gasteiger partial charge in [-0.1, -0.05) is 61.2 Å². The molecule has 5 heteroatoms. The van der Waals surface area contributed by atoms with E-state index in [-0.39, 0.29) is 0 Å². The smallest absolute Gasteiger partial charge is 0.335 e. The lowest BCUT2D eigenvalue weighted by molar-refractivity contribution is -0.128. The summed E-state index contributed by atoms with van der Waals surface area (Å²) < 4.78 is 7.34. The lowest BCUT2D eigenvalue weighted by Gasteiger charge is -2.09. The molecule has 0 aliphatic rings. The summed E-state index contributed by atoms with van der Waals surface area (Å²) in [5.41, 5.74) is 6.33. The Balaban J connectivity index is 1.71. The number of pyridine rings is 1. The van der Waals surface area contributed by atoms with Crippen molar-refractivity contribution in [1.29, 1.82) is 0 Å². The number of ether oxygens (including phenoxy) is 1. The lowest BCUT2D eigenvalue weighted by atomic mass is 10.0. The van der Waals surface area contributed by atoms with E-state index < -0.39 is 5.97 Å². The maximum atomic E-state index is 11.7. The van der Waals surface area contributed by atoms with Gasteiger partial charge < -0.3 is 4.74 Å². The summed E-state index contributed by atoms with van der Waals surface area (Å²) in [7, 11) is 0. The molecule has 0 radical (unpaired) electrons. The summed E-state index contributed by atoms with van der Waals surface area (Å²) in [6.07, 6.45) is 1.15. The number of hydrogen-bond acceptors (Lipinski definition) is 4. The van der Waals surface area contributed by atoms with Crippen molar-refractivity contribution < 1.29 is 9.53 Å². The normalized spacial score (nSPS) is 10.8. The lowest BCUT2D eigenvalue weighted by Crippen LogP contribution is -2.03. The first-order chi connectivity index (χ1) is 16.2. The first-order valence-corrected chi connectivity index (χ1v) is 10.6. The number of esters is 1. The number of fused-ring (bicyclic) bond motifs is 1.